The fourth-order valence-corrected chi connectivity index (χ4v) is 3.82. The Morgan fingerprint density at radius 1 is 1.22 bits per heavy atom. The first kappa shape index (κ1) is 16.0. The quantitative estimate of drug-likeness (QED) is 0.832. The third-order valence-electron chi connectivity index (χ3n) is 4.97. The third-order valence-corrected chi connectivity index (χ3v) is 4.97. The molecule has 0 aromatic heterocycles. The van der Waals surface area contributed by atoms with Gasteiger partial charge in [0.05, 0.1) is 24.8 Å². The average molecular weight is 319 g/mol. The van der Waals surface area contributed by atoms with Crippen LogP contribution in [0.25, 0.3) is 0 Å². The molecule has 2 fully saturated rings. The van der Waals surface area contributed by atoms with Gasteiger partial charge in [-0.3, -0.25) is 9.69 Å². The van der Waals surface area contributed by atoms with E-state index in [0.717, 1.165) is 0 Å². The highest BCUT2D eigenvalue weighted by Gasteiger charge is 2.55. The predicted molar refractivity (Wildman–Crippen MR) is 81.7 cm³/mol. The minimum Gasteiger partial charge on any atom is -0.469 e. The number of rotatable bonds is 3. The minimum absolute atomic E-state index is 0.101. The topological polar surface area (TPSA) is 76.1 Å². The molecule has 5 atom stereocenters. The monoisotopic (exact) mass is 319 g/mol. The van der Waals surface area contributed by atoms with E-state index in [1.807, 2.05) is 18.0 Å². The van der Waals surface area contributed by atoms with Crippen molar-refractivity contribution in [2.24, 2.45) is 5.92 Å². The lowest BCUT2D eigenvalue weighted by Crippen LogP contribution is -2.55. The van der Waals surface area contributed by atoms with Crippen molar-refractivity contribution < 1.29 is 24.2 Å². The zero-order chi connectivity index (χ0) is 16.6. The molecule has 0 unspecified atom stereocenters. The molecular weight excluding hydrogens is 298 g/mol. The Kier molecular flexibility index (Phi) is 4.37. The normalized spacial score (nSPS) is 33.3. The van der Waals surface area contributed by atoms with Gasteiger partial charge in [-0.15, -0.1) is 0 Å². The maximum atomic E-state index is 12.3. The second-order valence-corrected chi connectivity index (χ2v) is 6.21. The van der Waals surface area contributed by atoms with Crippen LogP contribution in [0.4, 0.5) is 0 Å². The fourth-order valence-electron chi connectivity index (χ4n) is 3.82. The van der Waals surface area contributed by atoms with E-state index in [1.165, 1.54) is 7.11 Å². The molecule has 2 bridgehead atoms. The highest BCUT2D eigenvalue weighted by molar-refractivity contribution is 5.89. The molecule has 2 saturated heterocycles. The van der Waals surface area contributed by atoms with Gasteiger partial charge >= 0.3 is 11.9 Å². The zero-order valence-corrected chi connectivity index (χ0v) is 13.2. The first-order valence-corrected chi connectivity index (χ1v) is 7.76. The van der Waals surface area contributed by atoms with Crippen LogP contribution in [0.3, 0.4) is 0 Å². The fraction of sp³-hybridized carbons (Fsp3) is 0.529. The first-order chi connectivity index (χ1) is 11.0. The number of piperidine rings is 1. The van der Waals surface area contributed by atoms with Crippen LogP contribution in [0.1, 0.15) is 23.2 Å². The number of aliphatic hydroxyl groups excluding tert-OH is 1. The van der Waals surface area contributed by atoms with Crippen molar-refractivity contribution in [3.63, 3.8) is 0 Å². The number of nitrogens with zero attached hydrogens (tertiary/aromatic N) is 1. The summed E-state index contributed by atoms with van der Waals surface area (Å²) in [5, 5.41) is 10.3. The molecule has 2 aliphatic rings. The molecule has 2 heterocycles. The van der Waals surface area contributed by atoms with Crippen LogP contribution >= 0.6 is 0 Å². The number of hydrogen-bond acceptors (Lipinski definition) is 6. The molecule has 0 saturated carbocycles. The molecular formula is C17H21NO5. The lowest BCUT2D eigenvalue weighted by Gasteiger charge is -2.41. The number of carbonyl (C=O) groups excluding carboxylic acids is 2. The Labute approximate surface area is 135 Å². The van der Waals surface area contributed by atoms with Crippen molar-refractivity contribution in [3.8, 4) is 0 Å². The number of hydrogen-bond donors (Lipinski definition) is 1. The summed E-state index contributed by atoms with van der Waals surface area (Å²) in [7, 11) is 3.20. The van der Waals surface area contributed by atoms with Crippen molar-refractivity contribution in [2.75, 3.05) is 14.2 Å². The number of fused-ring (bicyclic) bond motifs is 2. The number of ether oxygens (including phenoxy) is 2. The molecule has 124 valence electrons. The number of carbonyl (C=O) groups is 2. The van der Waals surface area contributed by atoms with Crippen molar-refractivity contribution >= 4 is 11.9 Å². The van der Waals surface area contributed by atoms with Gasteiger partial charge in [0, 0.05) is 12.5 Å². The molecule has 0 spiro atoms. The smallest absolute Gasteiger partial charge is 0.338 e. The van der Waals surface area contributed by atoms with Crippen LogP contribution in [0, 0.1) is 5.92 Å². The van der Waals surface area contributed by atoms with E-state index in [9.17, 15) is 14.7 Å². The second kappa shape index (κ2) is 6.29. The Balaban J connectivity index is 1.82. The van der Waals surface area contributed by atoms with Crippen LogP contribution in [-0.4, -0.2) is 60.4 Å². The molecule has 3 rings (SSSR count). The van der Waals surface area contributed by atoms with Gasteiger partial charge in [0.25, 0.3) is 0 Å². The maximum absolute atomic E-state index is 12.3. The minimum atomic E-state index is -0.675. The number of likely N-dealkylation sites (N-methyl/N-ethyl adjacent to an activating group) is 1. The van der Waals surface area contributed by atoms with Crippen molar-refractivity contribution in [1.82, 2.24) is 4.90 Å². The molecule has 1 aromatic carbocycles. The van der Waals surface area contributed by atoms with Gasteiger partial charge < -0.3 is 14.6 Å². The van der Waals surface area contributed by atoms with E-state index in [2.05, 4.69) is 0 Å². The van der Waals surface area contributed by atoms with Crippen molar-refractivity contribution in [3.05, 3.63) is 35.9 Å². The van der Waals surface area contributed by atoms with Crippen LogP contribution in [-0.2, 0) is 14.3 Å². The van der Waals surface area contributed by atoms with Crippen LogP contribution in [0.15, 0.2) is 30.3 Å². The summed E-state index contributed by atoms with van der Waals surface area (Å²) in [5.74, 6) is -1.58. The molecule has 23 heavy (non-hydrogen) atoms. The molecule has 1 N–H and O–H groups in total. The second-order valence-electron chi connectivity index (χ2n) is 6.21. The number of benzene rings is 1. The molecule has 0 amide bonds. The van der Waals surface area contributed by atoms with Gasteiger partial charge in [-0.25, -0.2) is 4.79 Å². The van der Waals surface area contributed by atoms with Gasteiger partial charge in [0.15, 0.2) is 0 Å². The molecule has 2 aliphatic heterocycles. The Morgan fingerprint density at radius 3 is 2.57 bits per heavy atom. The molecule has 0 radical (unpaired) electrons. The SMILES string of the molecule is COC(=O)[C@@H]1[C@H]2[C@@H](O)C[C@@H](C[C@@H]1OC(=O)c1ccccc1)N2C. The summed E-state index contributed by atoms with van der Waals surface area (Å²) in [4.78, 5) is 26.5. The average Bonchev–Trinajstić information content (AvgIpc) is 2.74. The van der Waals surface area contributed by atoms with Crippen molar-refractivity contribution in [2.45, 2.75) is 37.1 Å². The van der Waals surface area contributed by atoms with E-state index >= 15 is 0 Å². The van der Waals surface area contributed by atoms with Crippen molar-refractivity contribution in [1.29, 1.82) is 0 Å². The summed E-state index contributed by atoms with van der Waals surface area (Å²) in [6.45, 7) is 0. The first-order valence-electron chi connectivity index (χ1n) is 7.76. The highest BCUT2D eigenvalue weighted by Crippen LogP contribution is 2.40. The lowest BCUT2D eigenvalue weighted by atomic mass is 9.87. The number of methoxy groups -OCH3 is 1. The predicted octanol–water partition coefficient (Wildman–Crippen LogP) is 0.838. The zero-order valence-electron chi connectivity index (χ0n) is 13.2. The summed E-state index contributed by atoms with van der Waals surface area (Å²) < 4.78 is 10.5. The third kappa shape index (κ3) is 2.84. The number of esters is 2. The highest BCUT2D eigenvalue weighted by atomic mass is 16.6. The Morgan fingerprint density at radius 2 is 1.91 bits per heavy atom. The van der Waals surface area contributed by atoms with Crippen LogP contribution < -0.4 is 0 Å². The Bertz CT molecular complexity index is 590. The van der Waals surface area contributed by atoms with E-state index in [0.29, 0.717) is 18.4 Å². The molecule has 6 heteroatoms. The van der Waals surface area contributed by atoms with E-state index in [4.69, 9.17) is 9.47 Å². The van der Waals surface area contributed by atoms with Crippen LogP contribution in [0.2, 0.25) is 0 Å². The van der Waals surface area contributed by atoms with E-state index in [1.54, 1.807) is 24.3 Å². The van der Waals surface area contributed by atoms with Gasteiger partial charge in [0.1, 0.15) is 12.0 Å². The van der Waals surface area contributed by atoms with E-state index in [-0.39, 0.29) is 12.1 Å². The molecule has 6 nitrogen and oxygen atoms in total. The lowest BCUT2D eigenvalue weighted by molar-refractivity contribution is -0.158. The maximum Gasteiger partial charge on any atom is 0.338 e. The molecule has 0 aliphatic carbocycles. The Hall–Kier alpha value is -1.92. The standard InChI is InChI=1S/C17H21NO5/c1-18-11-8-12(19)15(18)14(17(21)22-2)13(9-11)23-16(20)10-6-4-3-5-7-10/h3-7,11-15,19H,8-9H2,1-2H3/t11-,12-,13-,14-,15+/m0/s1. The van der Waals surface area contributed by atoms with Gasteiger partial charge in [0.2, 0.25) is 0 Å². The summed E-state index contributed by atoms with van der Waals surface area (Å²) in [5.41, 5.74) is 0.447. The number of aliphatic hydroxyl groups is 1. The summed E-state index contributed by atoms with van der Waals surface area (Å²) >= 11 is 0. The van der Waals surface area contributed by atoms with E-state index < -0.39 is 30.1 Å². The molecule has 1 aromatic rings. The largest absolute Gasteiger partial charge is 0.469 e. The van der Waals surface area contributed by atoms with Gasteiger partial charge in [-0.05, 0) is 25.6 Å². The van der Waals surface area contributed by atoms with Gasteiger partial charge in [-0.2, -0.15) is 0 Å². The van der Waals surface area contributed by atoms with Crippen LogP contribution in [0.5, 0.6) is 0 Å². The summed E-state index contributed by atoms with van der Waals surface area (Å²) in [6.07, 6.45) is -0.107. The summed E-state index contributed by atoms with van der Waals surface area (Å²) in [6, 6.07) is 8.41. The van der Waals surface area contributed by atoms with Gasteiger partial charge in [-0.1, -0.05) is 18.2 Å².